The lowest BCUT2D eigenvalue weighted by atomic mass is 9.95. The van der Waals surface area contributed by atoms with Crippen LogP contribution in [0.4, 0.5) is 0 Å². The molecule has 4 aromatic rings. The van der Waals surface area contributed by atoms with E-state index in [0.717, 1.165) is 53.3 Å². The number of carbonyl (C=O) groups excluding carboxylic acids is 2. The Morgan fingerprint density at radius 2 is 1.60 bits per heavy atom. The summed E-state index contributed by atoms with van der Waals surface area (Å²) in [6.45, 7) is 2.74. The molecule has 3 heterocycles. The number of likely N-dealkylation sites (tertiary alicyclic amines) is 1. The number of H-pyrrole nitrogens is 1. The summed E-state index contributed by atoms with van der Waals surface area (Å²) in [5, 5.41) is 8.71. The number of para-hydroxylation sites is 2. The van der Waals surface area contributed by atoms with Crippen molar-refractivity contribution in [1.29, 1.82) is 0 Å². The van der Waals surface area contributed by atoms with Crippen LogP contribution in [0.5, 0.6) is 0 Å². The first-order chi connectivity index (χ1) is 19.1. The van der Waals surface area contributed by atoms with Crippen LogP contribution >= 0.6 is 12.4 Å². The molecule has 0 spiro atoms. The Kier molecular flexibility index (Phi) is 8.57. The van der Waals surface area contributed by atoms with E-state index >= 15 is 0 Å². The molecule has 0 saturated carbocycles. The third-order valence-corrected chi connectivity index (χ3v) is 8.34. The number of piperidine rings is 2. The van der Waals surface area contributed by atoms with Crippen LogP contribution in [0.2, 0.25) is 0 Å². The number of aromatic nitrogens is 2. The predicted octanol–water partition coefficient (Wildman–Crippen LogP) is 3.80. The number of rotatable bonds is 6. The number of nitrogens with one attached hydrogen (secondary N) is 3. The van der Waals surface area contributed by atoms with Crippen molar-refractivity contribution < 1.29 is 9.59 Å². The number of amides is 2. The first-order valence-electron chi connectivity index (χ1n) is 14.0. The van der Waals surface area contributed by atoms with E-state index in [2.05, 4.69) is 45.9 Å². The summed E-state index contributed by atoms with van der Waals surface area (Å²) in [7, 11) is 0. The Morgan fingerprint density at radius 3 is 2.38 bits per heavy atom. The van der Waals surface area contributed by atoms with Gasteiger partial charge in [-0.1, -0.05) is 54.6 Å². The van der Waals surface area contributed by atoms with E-state index in [4.69, 9.17) is 0 Å². The lowest BCUT2D eigenvalue weighted by Gasteiger charge is -2.35. The highest BCUT2D eigenvalue weighted by Crippen LogP contribution is 2.26. The standard InChI is InChI=1S/C31H35N5O3.ClH/c37-29(23-11-15-32-16-12-23)33-27(20-21-9-10-22-5-1-2-6-24(22)19-21)30(38)35-17-13-25(14-18-35)36-28-8-4-3-7-26(28)34-31(36)39;/h1-10,19,23,25,27,32H,11-18,20H2,(H,33,37)(H,34,39);1H/t27-;/m1./s1. The molecule has 2 aliphatic heterocycles. The van der Waals surface area contributed by atoms with Crippen LogP contribution in [0.1, 0.15) is 37.3 Å². The van der Waals surface area contributed by atoms with Gasteiger partial charge < -0.3 is 20.5 Å². The van der Waals surface area contributed by atoms with Crippen LogP contribution in [0.25, 0.3) is 21.8 Å². The molecule has 1 aromatic heterocycles. The van der Waals surface area contributed by atoms with Gasteiger partial charge in [0.1, 0.15) is 6.04 Å². The summed E-state index contributed by atoms with van der Waals surface area (Å²) in [5.41, 5.74) is 2.65. The van der Waals surface area contributed by atoms with E-state index in [-0.39, 0.29) is 41.9 Å². The largest absolute Gasteiger partial charge is 0.344 e. The molecule has 2 amide bonds. The molecule has 0 radical (unpaired) electrons. The topological polar surface area (TPSA) is 99.2 Å². The summed E-state index contributed by atoms with van der Waals surface area (Å²) in [4.78, 5) is 44.6. The molecule has 40 heavy (non-hydrogen) atoms. The number of hydrogen-bond acceptors (Lipinski definition) is 4. The molecular formula is C31H36ClN5O3. The molecule has 0 aliphatic carbocycles. The highest BCUT2D eigenvalue weighted by atomic mass is 35.5. The molecule has 3 N–H and O–H groups in total. The average Bonchev–Trinajstić information content (AvgIpc) is 3.32. The summed E-state index contributed by atoms with van der Waals surface area (Å²) in [5.74, 6) is -0.149. The van der Waals surface area contributed by atoms with E-state index in [1.807, 2.05) is 45.9 Å². The zero-order valence-electron chi connectivity index (χ0n) is 22.5. The molecule has 9 heteroatoms. The third-order valence-electron chi connectivity index (χ3n) is 8.34. The number of nitrogens with zero attached hydrogens (tertiary/aromatic N) is 2. The Morgan fingerprint density at radius 1 is 0.900 bits per heavy atom. The molecule has 8 nitrogen and oxygen atoms in total. The van der Waals surface area contributed by atoms with Crippen molar-refractivity contribution in [2.45, 2.75) is 44.2 Å². The van der Waals surface area contributed by atoms with Gasteiger partial charge in [-0.2, -0.15) is 0 Å². The van der Waals surface area contributed by atoms with Gasteiger partial charge >= 0.3 is 5.69 Å². The second-order valence-corrected chi connectivity index (χ2v) is 10.8. The number of hydrogen-bond donors (Lipinski definition) is 3. The van der Waals surface area contributed by atoms with E-state index < -0.39 is 6.04 Å². The molecule has 1 atom stereocenters. The van der Waals surface area contributed by atoms with Crippen molar-refractivity contribution in [2.75, 3.05) is 26.2 Å². The number of imidazole rings is 1. The Bertz CT molecular complexity index is 1550. The van der Waals surface area contributed by atoms with Crippen molar-refractivity contribution in [1.82, 2.24) is 25.1 Å². The average molecular weight is 562 g/mol. The zero-order chi connectivity index (χ0) is 26.8. The number of carbonyl (C=O) groups is 2. The zero-order valence-corrected chi connectivity index (χ0v) is 23.3. The van der Waals surface area contributed by atoms with Crippen molar-refractivity contribution in [3.63, 3.8) is 0 Å². The fourth-order valence-corrected chi connectivity index (χ4v) is 6.18. The van der Waals surface area contributed by atoms with Gasteiger partial charge in [-0.3, -0.25) is 14.2 Å². The van der Waals surface area contributed by atoms with Gasteiger partial charge in [-0.05, 0) is 67.2 Å². The Labute approximate surface area is 239 Å². The molecule has 6 rings (SSSR count). The monoisotopic (exact) mass is 561 g/mol. The lowest BCUT2D eigenvalue weighted by molar-refractivity contribution is -0.138. The van der Waals surface area contributed by atoms with Crippen LogP contribution in [-0.2, 0) is 16.0 Å². The predicted molar refractivity (Wildman–Crippen MR) is 160 cm³/mol. The number of benzene rings is 3. The van der Waals surface area contributed by atoms with Crippen LogP contribution in [-0.4, -0.2) is 58.5 Å². The minimum Gasteiger partial charge on any atom is -0.344 e. The van der Waals surface area contributed by atoms with E-state index in [0.29, 0.717) is 32.4 Å². The molecule has 3 aromatic carbocycles. The second kappa shape index (κ2) is 12.3. The van der Waals surface area contributed by atoms with Gasteiger partial charge in [0.15, 0.2) is 0 Å². The maximum atomic E-state index is 13.9. The van der Waals surface area contributed by atoms with Gasteiger partial charge in [0.05, 0.1) is 11.0 Å². The molecule has 2 fully saturated rings. The molecule has 0 bridgehead atoms. The van der Waals surface area contributed by atoms with Crippen molar-refractivity contribution >= 4 is 46.0 Å². The van der Waals surface area contributed by atoms with Crippen LogP contribution < -0.4 is 16.3 Å². The van der Waals surface area contributed by atoms with Gasteiger partial charge in [-0.25, -0.2) is 4.79 Å². The lowest BCUT2D eigenvalue weighted by Crippen LogP contribution is -2.53. The smallest absolute Gasteiger partial charge is 0.326 e. The number of halogens is 1. The van der Waals surface area contributed by atoms with E-state index in [1.54, 1.807) is 0 Å². The molecule has 2 aliphatic rings. The van der Waals surface area contributed by atoms with Gasteiger partial charge in [-0.15, -0.1) is 12.4 Å². The summed E-state index contributed by atoms with van der Waals surface area (Å²) in [6, 6.07) is 21.5. The molecule has 2 saturated heterocycles. The fourth-order valence-electron chi connectivity index (χ4n) is 6.18. The molecular weight excluding hydrogens is 526 g/mol. The Balaban J connectivity index is 0.00000323. The summed E-state index contributed by atoms with van der Waals surface area (Å²) in [6.07, 6.45) is 3.40. The van der Waals surface area contributed by atoms with Crippen molar-refractivity contribution in [2.24, 2.45) is 5.92 Å². The minimum atomic E-state index is -0.624. The molecule has 0 unspecified atom stereocenters. The van der Waals surface area contributed by atoms with Crippen LogP contribution in [0.15, 0.2) is 71.5 Å². The van der Waals surface area contributed by atoms with Gasteiger partial charge in [0.2, 0.25) is 11.8 Å². The van der Waals surface area contributed by atoms with Crippen molar-refractivity contribution in [3.8, 4) is 0 Å². The quantitative estimate of drug-likeness (QED) is 0.333. The van der Waals surface area contributed by atoms with Gasteiger partial charge in [0, 0.05) is 31.5 Å². The minimum absolute atomic E-state index is 0. The first kappa shape index (κ1) is 27.9. The normalized spacial score (nSPS) is 17.4. The summed E-state index contributed by atoms with van der Waals surface area (Å²) < 4.78 is 1.84. The number of aromatic amines is 1. The van der Waals surface area contributed by atoms with Crippen molar-refractivity contribution in [3.05, 3.63) is 82.8 Å². The summed E-state index contributed by atoms with van der Waals surface area (Å²) >= 11 is 0. The highest BCUT2D eigenvalue weighted by molar-refractivity contribution is 5.89. The maximum Gasteiger partial charge on any atom is 0.326 e. The van der Waals surface area contributed by atoms with E-state index in [9.17, 15) is 14.4 Å². The fraction of sp³-hybridized carbons (Fsp3) is 0.387. The third kappa shape index (κ3) is 5.78. The number of fused-ring (bicyclic) bond motifs is 2. The van der Waals surface area contributed by atoms with Gasteiger partial charge in [0.25, 0.3) is 0 Å². The highest BCUT2D eigenvalue weighted by Gasteiger charge is 2.32. The first-order valence-corrected chi connectivity index (χ1v) is 14.0. The SMILES string of the molecule is Cl.O=C(N[C@H](Cc1ccc2ccccc2c1)C(=O)N1CCC(n2c(=O)[nH]c3ccccc32)CC1)C1CCNCC1. The Hall–Kier alpha value is -3.62. The van der Waals surface area contributed by atoms with E-state index in [1.165, 1.54) is 0 Å². The van der Waals surface area contributed by atoms with Crippen LogP contribution in [0.3, 0.4) is 0 Å². The molecule has 210 valence electrons. The second-order valence-electron chi connectivity index (χ2n) is 10.8. The van der Waals surface area contributed by atoms with Crippen LogP contribution in [0, 0.1) is 5.92 Å². The maximum absolute atomic E-state index is 13.9.